The van der Waals surface area contributed by atoms with Crippen molar-refractivity contribution in [3.05, 3.63) is 59.7 Å². The van der Waals surface area contributed by atoms with E-state index in [-0.39, 0.29) is 0 Å². The zero-order valence-corrected chi connectivity index (χ0v) is 13.5. The van der Waals surface area contributed by atoms with Gasteiger partial charge in [-0.15, -0.1) is 0 Å². The van der Waals surface area contributed by atoms with Gasteiger partial charge in [-0.25, -0.2) is 0 Å². The maximum atomic E-state index is 5.67. The Morgan fingerprint density at radius 1 is 0.955 bits per heavy atom. The Morgan fingerprint density at radius 3 is 2.50 bits per heavy atom. The highest BCUT2D eigenvalue weighted by molar-refractivity contribution is 5.42. The van der Waals surface area contributed by atoms with Crippen LogP contribution in [0.2, 0.25) is 0 Å². The molecule has 118 valence electrons. The molecule has 2 aromatic rings. The maximum absolute atomic E-state index is 5.67. The molecule has 0 bridgehead atoms. The summed E-state index contributed by atoms with van der Waals surface area (Å²) in [5.74, 6) is 1.62. The lowest BCUT2D eigenvalue weighted by Gasteiger charge is -2.12. The molecule has 0 spiro atoms. The lowest BCUT2D eigenvalue weighted by Crippen LogP contribution is -2.16. The highest BCUT2D eigenvalue weighted by Crippen LogP contribution is 2.28. The molecule has 0 aliphatic carbocycles. The van der Waals surface area contributed by atoms with Crippen molar-refractivity contribution in [3.63, 3.8) is 0 Å². The lowest BCUT2D eigenvalue weighted by molar-refractivity contribution is 0.294. The van der Waals surface area contributed by atoms with E-state index >= 15 is 0 Å². The average molecular weight is 299 g/mol. The molecule has 1 N–H and O–H groups in total. The van der Waals surface area contributed by atoms with Gasteiger partial charge in [0, 0.05) is 6.54 Å². The van der Waals surface area contributed by atoms with Crippen LogP contribution in [-0.4, -0.2) is 20.3 Å². The molecular formula is C19H25NO2. The van der Waals surface area contributed by atoms with Gasteiger partial charge < -0.3 is 14.8 Å². The first-order valence-corrected chi connectivity index (χ1v) is 7.88. The van der Waals surface area contributed by atoms with Gasteiger partial charge in [-0.05, 0) is 42.6 Å². The third kappa shape index (κ3) is 5.08. The molecule has 0 unspecified atom stereocenters. The molecule has 2 rings (SSSR count). The van der Waals surface area contributed by atoms with Crippen molar-refractivity contribution in [1.29, 1.82) is 0 Å². The summed E-state index contributed by atoms with van der Waals surface area (Å²) in [6.07, 6.45) is 2.03. The van der Waals surface area contributed by atoms with Crippen LogP contribution in [0.4, 0.5) is 0 Å². The molecule has 2 aromatic carbocycles. The van der Waals surface area contributed by atoms with Gasteiger partial charge in [-0.1, -0.05) is 43.3 Å². The van der Waals surface area contributed by atoms with E-state index < -0.39 is 0 Å². The zero-order valence-electron chi connectivity index (χ0n) is 13.5. The van der Waals surface area contributed by atoms with Gasteiger partial charge in [-0.3, -0.25) is 0 Å². The highest BCUT2D eigenvalue weighted by atomic mass is 16.5. The quantitative estimate of drug-likeness (QED) is 0.714. The second-order valence-electron chi connectivity index (χ2n) is 5.25. The van der Waals surface area contributed by atoms with E-state index in [1.165, 1.54) is 11.1 Å². The summed E-state index contributed by atoms with van der Waals surface area (Å²) < 4.78 is 11.1. The molecule has 0 aromatic heterocycles. The number of ether oxygens (including phenoxy) is 2. The highest BCUT2D eigenvalue weighted by Gasteiger charge is 2.05. The number of rotatable bonds is 9. The minimum absolute atomic E-state index is 0.713. The van der Waals surface area contributed by atoms with Crippen molar-refractivity contribution in [3.8, 4) is 11.5 Å². The molecule has 0 amide bonds. The van der Waals surface area contributed by atoms with E-state index in [0.717, 1.165) is 37.4 Å². The number of methoxy groups -OCH3 is 1. The van der Waals surface area contributed by atoms with Crippen LogP contribution in [0.3, 0.4) is 0 Å². The molecule has 0 radical (unpaired) electrons. The van der Waals surface area contributed by atoms with Crippen molar-refractivity contribution < 1.29 is 9.47 Å². The van der Waals surface area contributed by atoms with Crippen molar-refractivity contribution in [2.45, 2.75) is 26.3 Å². The minimum atomic E-state index is 0.713. The SMILES string of the molecule is CCCOc1ccc(CNCCc2ccccc2)cc1OC. The normalized spacial score (nSPS) is 10.5. The number of nitrogens with one attached hydrogen (secondary N) is 1. The fourth-order valence-electron chi connectivity index (χ4n) is 2.26. The Labute approximate surface area is 133 Å². The van der Waals surface area contributed by atoms with E-state index in [1.807, 2.05) is 18.2 Å². The first-order valence-electron chi connectivity index (χ1n) is 7.88. The Bertz CT molecular complexity index is 555. The predicted molar refractivity (Wildman–Crippen MR) is 90.6 cm³/mol. The Balaban J connectivity index is 1.82. The lowest BCUT2D eigenvalue weighted by atomic mass is 10.1. The second kappa shape index (κ2) is 9.11. The number of benzene rings is 2. The Hall–Kier alpha value is -2.00. The maximum Gasteiger partial charge on any atom is 0.161 e. The van der Waals surface area contributed by atoms with Crippen molar-refractivity contribution in [2.75, 3.05) is 20.3 Å². The largest absolute Gasteiger partial charge is 0.493 e. The van der Waals surface area contributed by atoms with Gasteiger partial charge >= 0.3 is 0 Å². The molecule has 22 heavy (non-hydrogen) atoms. The summed E-state index contributed by atoms with van der Waals surface area (Å²) in [7, 11) is 1.68. The molecule has 0 aliphatic heterocycles. The summed E-state index contributed by atoms with van der Waals surface area (Å²) in [5, 5.41) is 3.47. The molecule has 3 heteroatoms. The zero-order chi connectivity index (χ0) is 15.6. The number of hydrogen-bond donors (Lipinski definition) is 1. The molecule has 0 atom stereocenters. The molecule has 0 saturated heterocycles. The van der Waals surface area contributed by atoms with E-state index in [2.05, 4.69) is 42.6 Å². The molecule has 0 aliphatic rings. The molecule has 3 nitrogen and oxygen atoms in total. The molecular weight excluding hydrogens is 274 g/mol. The van der Waals surface area contributed by atoms with Crippen LogP contribution >= 0.6 is 0 Å². The summed E-state index contributed by atoms with van der Waals surface area (Å²) in [5.41, 5.74) is 2.56. The smallest absolute Gasteiger partial charge is 0.161 e. The van der Waals surface area contributed by atoms with Crippen LogP contribution in [0.25, 0.3) is 0 Å². The summed E-state index contributed by atoms with van der Waals surface area (Å²) in [6.45, 7) is 4.60. The molecule has 0 fully saturated rings. The first-order chi connectivity index (χ1) is 10.8. The van der Waals surface area contributed by atoms with Crippen LogP contribution in [0.5, 0.6) is 11.5 Å². The van der Waals surface area contributed by atoms with Crippen LogP contribution in [0.15, 0.2) is 48.5 Å². The van der Waals surface area contributed by atoms with Gasteiger partial charge in [-0.2, -0.15) is 0 Å². The van der Waals surface area contributed by atoms with Crippen LogP contribution < -0.4 is 14.8 Å². The molecule has 0 heterocycles. The summed E-state index contributed by atoms with van der Waals surface area (Å²) >= 11 is 0. The Morgan fingerprint density at radius 2 is 1.77 bits per heavy atom. The standard InChI is InChI=1S/C19H25NO2/c1-3-13-22-18-10-9-17(14-19(18)21-2)15-20-12-11-16-7-5-4-6-8-16/h4-10,14,20H,3,11-13,15H2,1-2H3. The van der Waals surface area contributed by atoms with E-state index in [1.54, 1.807) is 7.11 Å². The van der Waals surface area contributed by atoms with Crippen molar-refractivity contribution >= 4 is 0 Å². The fourth-order valence-corrected chi connectivity index (χ4v) is 2.26. The van der Waals surface area contributed by atoms with Gasteiger partial charge in [0.05, 0.1) is 13.7 Å². The fraction of sp³-hybridized carbons (Fsp3) is 0.368. The van der Waals surface area contributed by atoms with E-state index in [9.17, 15) is 0 Å². The first kappa shape index (κ1) is 16.4. The summed E-state index contributed by atoms with van der Waals surface area (Å²) in [6, 6.07) is 16.6. The summed E-state index contributed by atoms with van der Waals surface area (Å²) in [4.78, 5) is 0. The van der Waals surface area contributed by atoms with Gasteiger partial charge in [0.15, 0.2) is 11.5 Å². The van der Waals surface area contributed by atoms with Gasteiger partial charge in [0.2, 0.25) is 0 Å². The average Bonchev–Trinajstić information content (AvgIpc) is 2.58. The van der Waals surface area contributed by atoms with Gasteiger partial charge in [0.25, 0.3) is 0 Å². The second-order valence-corrected chi connectivity index (χ2v) is 5.25. The van der Waals surface area contributed by atoms with Crippen molar-refractivity contribution in [1.82, 2.24) is 5.32 Å². The third-order valence-corrected chi connectivity index (χ3v) is 3.45. The topological polar surface area (TPSA) is 30.5 Å². The van der Waals surface area contributed by atoms with Crippen LogP contribution in [0.1, 0.15) is 24.5 Å². The predicted octanol–water partition coefficient (Wildman–Crippen LogP) is 3.82. The van der Waals surface area contributed by atoms with E-state index in [0.29, 0.717) is 6.61 Å². The van der Waals surface area contributed by atoms with Gasteiger partial charge in [0.1, 0.15) is 0 Å². The number of hydrogen-bond acceptors (Lipinski definition) is 3. The van der Waals surface area contributed by atoms with Crippen LogP contribution in [0, 0.1) is 0 Å². The minimum Gasteiger partial charge on any atom is -0.493 e. The van der Waals surface area contributed by atoms with E-state index in [4.69, 9.17) is 9.47 Å². The molecule has 0 saturated carbocycles. The van der Waals surface area contributed by atoms with Crippen LogP contribution in [-0.2, 0) is 13.0 Å². The van der Waals surface area contributed by atoms with Crippen molar-refractivity contribution in [2.24, 2.45) is 0 Å². The Kier molecular flexibility index (Phi) is 6.78. The third-order valence-electron chi connectivity index (χ3n) is 3.45. The monoisotopic (exact) mass is 299 g/mol.